The summed E-state index contributed by atoms with van der Waals surface area (Å²) in [6.45, 7) is -0.0119. The van der Waals surface area contributed by atoms with Crippen molar-refractivity contribution in [3.05, 3.63) is 42.5 Å². The third kappa shape index (κ3) is 3.24. The van der Waals surface area contributed by atoms with Crippen LogP contribution in [0.1, 0.15) is 0 Å². The normalized spacial score (nSPS) is 18.0. The zero-order valence-electron chi connectivity index (χ0n) is 12.6. The lowest BCUT2D eigenvalue weighted by atomic mass is 10.2. The van der Waals surface area contributed by atoms with Crippen LogP contribution in [-0.4, -0.2) is 49.8 Å². The molecule has 1 unspecified atom stereocenters. The highest BCUT2D eigenvalue weighted by atomic mass is 32.2. The van der Waals surface area contributed by atoms with Gasteiger partial charge in [0.2, 0.25) is 0 Å². The lowest BCUT2D eigenvalue weighted by Crippen LogP contribution is -2.28. The molecule has 2 heterocycles. The fraction of sp³-hybridized carbons (Fsp3) is 0.286. The fourth-order valence-electron chi connectivity index (χ4n) is 2.38. The van der Waals surface area contributed by atoms with Crippen molar-refractivity contribution in [2.45, 2.75) is 6.10 Å². The standard InChI is InChI=1S/C14H14FN3O5S/c1-22-24(20,21)9-11-8-17(14(19)23-11)10-3-4-13(12(15)7-10)18-6-2-5-16-18/h2-7,11H,8-9H2,1H3. The molecule has 0 saturated carbocycles. The number of amides is 1. The fourth-order valence-corrected chi connectivity index (χ4v) is 3.14. The van der Waals surface area contributed by atoms with Crippen LogP contribution in [0.15, 0.2) is 36.7 Å². The minimum absolute atomic E-state index is 0.0119. The Hall–Kier alpha value is -2.46. The zero-order chi connectivity index (χ0) is 17.3. The van der Waals surface area contributed by atoms with Gasteiger partial charge in [-0.3, -0.25) is 9.08 Å². The van der Waals surface area contributed by atoms with Crippen LogP contribution < -0.4 is 4.90 Å². The average Bonchev–Trinajstić information content (AvgIpc) is 3.16. The van der Waals surface area contributed by atoms with Crippen molar-refractivity contribution in [2.75, 3.05) is 24.3 Å². The van der Waals surface area contributed by atoms with Crippen LogP contribution in [0.5, 0.6) is 0 Å². The third-order valence-corrected chi connectivity index (χ3v) is 4.80. The van der Waals surface area contributed by atoms with E-state index in [0.29, 0.717) is 0 Å². The molecular weight excluding hydrogens is 341 g/mol. The number of hydrogen-bond donors (Lipinski definition) is 0. The number of hydrogen-bond acceptors (Lipinski definition) is 6. The maximum atomic E-state index is 14.3. The summed E-state index contributed by atoms with van der Waals surface area (Å²) in [5.74, 6) is -1.03. The van der Waals surface area contributed by atoms with Gasteiger partial charge in [-0.2, -0.15) is 13.5 Å². The van der Waals surface area contributed by atoms with Crippen LogP contribution in [0.4, 0.5) is 14.9 Å². The predicted molar refractivity (Wildman–Crippen MR) is 81.9 cm³/mol. The van der Waals surface area contributed by atoms with E-state index in [1.165, 1.54) is 34.0 Å². The smallest absolute Gasteiger partial charge is 0.414 e. The van der Waals surface area contributed by atoms with E-state index >= 15 is 0 Å². The van der Waals surface area contributed by atoms with Crippen molar-refractivity contribution in [1.82, 2.24) is 9.78 Å². The molecule has 0 bridgehead atoms. The topological polar surface area (TPSA) is 90.7 Å². The first-order chi connectivity index (χ1) is 11.4. The molecule has 128 valence electrons. The maximum Gasteiger partial charge on any atom is 0.414 e. The lowest BCUT2D eigenvalue weighted by molar-refractivity contribution is 0.150. The molecule has 0 N–H and O–H groups in total. The first-order valence-electron chi connectivity index (χ1n) is 6.95. The molecule has 10 heteroatoms. The van der Waals surface area contributed by atoms with Crippen LogP contribution in [0, 0.1) is 5.82 Å². The Kier molecular flexibility index (Phi) is 4.24. The summed E-state index contributed by atoms with van der Waals surface area (Å²) in [7, 11) is -2.73. The Balaban J connectivity index is 1.80. The Morgan fingerprint density at radius 3 is 2.88 bits per heavy atom. The molecule has 24 heavy (non-hydrogen) atoms. The quantitative estimate of drug-likeness (QED) is 0.751. The van der Waals surface area contributed by atoms with Crippen molar-refractivity contribution < 1.29 is 26.5 Å². The van der Waals surface area contributed by atoms with Gasteiger partial charge in [-0.05, 0) is 24.3 Å². The lowest BCUT2D eigenvalue weighted by Gasteiger charge is -2.14. The van der Waals surface area contributed by atoms with E-state index in [9.17, 15) is 17.6 Å². The Morgan fingerprint density at radius 2 is 2.25 bits per heavy atom. The summed E-state index contributed by atoms with van der Waals surface area (Å²) < 4.78 is 47.8. The van der Waals surface area contributed by atoms with Crippen LogP contribution in [0.3, 0.4) is 0 Å². The van der Waals surface area contributed by atoms with Gasteiger partial charge < -0.3 is 4.74 Å². The van der Waals surface area contributed by atoms with E-state index in [4.69, 9.17) is 4.74 Å². The van der Waals surface area contributed by atoms with Crippen LogP contribution in [0.25, 0.3) is 5.69 Å². The minimum Gasteiger partial charge on any atom is -0.443 e. The molecule has 1 aliphatic heterocycles. The number of halogens is 1. The van der Waals surface area contributed by atoms with E-state index in [0.717, 1.165) is 7.11 Å². The van der Waals surface area contributed by atoms with Gasteiger partial charge in [0.05, 0.1) is 19.3 Å². The van der Waals surface area contributed by atoms with Gasteiger partial charge in [0.25, 0.3) is 10.1 Å². The minimum atomic E-state index is -3.77. The van der Waals surface area contributed by atoms with Gasteiger partial charge in [-0.25, -0.2) is 13.9 Å². The Morgan fingerprint density at radius 1 is 1.46 bits per heavy atom. The molecule has 1 aliphatic rings. The molecule has 1 aromatic heterocycles. The average molecular weight is 355 g/mol. The van der Waals surface area contributed by atoms with Gasteiger partial charge in [0, 0.05) is 12.4 Å². The molecule has 1 amide bonds. The number of carbonyl (C=O) groups is 1. The monoisotopic (exact) mass is 355 g/mol. The Labute approximate surface area is 137 Å². The summed E-state index contributed by atoms with van der Waals surface area (Å²) in [6.07, 6.45) is 1.49. The summed E-state index contributed by atoms with van der Waals surface area (Å²) in [5.41, 5.74) is 0.501. The summed E-state index contributed by atoms with van der Waals surface area (Å²) >= 11 is 0. The van der Waals surface area contributed by atoms with Crippen molar-refractivity contribution in [2.24, 2.45) is 0 Å². The molecular formula is C14H14FN3O5S. The molecule has 8 nitrogen and oxygen atoms in total. The molecule has 2 aromatic rings. The molecule has 0 spiro atoms. The second kappa shape index (κ2) is 6.21. The number of anilines is 1. The molecule has 1 fully saturated rings. The molecule has 3 rings (SSSR count). The van der Waals surface area contributed by atoms with Crippen molar-refractivity contribution in [3.63, 3.8) is 0 Å². The highest BCUT2D eigenvalue weighted by Gasteiger charge is 2.35. The highest BCUT2D eigenvalue weighted by Crippen LogP contribution is 2.25. The summed E-state index contributed by atoms with van der Waals surface area (Å²) in [4.78, 5) is 13.1. The number of rotatable bonds is 5. The largest absolute Gasteiger partial charge is 0.443 e. The second-order valence-corrected chi connectivity index (χ2v) is 6.88. The first kappa shape index (κ1) is 16.4. The molecule has 0 radical (unpaired) electrons. The number of ether oxygens (including phenoxy) is 1. The number of cyclic esters (lactones) is 1. The van der Waals surface area contributed by atoms with Gasteiger partial charge in [0.1, 0.15) is 17.5 Å². The van der Waals surface area contributed by atoms with Crippen LogP contribution in [0.2, 0.25) is 0 Å². The van der Waals surface area contributed by atoms with E-state index in [-0.39, 0.29) is 17.9 Å². The molecule has 0 aliphatic carbocycles. The second-order valence-electron chi connectivity index (χ2n) is 5.09. The van der Waals surface area contributed by atoms with Gasteiger partial charge in [-0.15, -0.1) is 0 Å². The number of nitrogens with zero attached hydrogens (tertiary/aromatic N) is 3. The van der Waals surface area contributed by atoms with Gasteiger partial charge in [-0.1, -0.05) is 0 Å². The first-order valence-corrected chi connectivity index (χ1v) is 8.53. The van der Waals surface area contributed by atoms with E-state index in [1.54, 1.807) is 12.3 Å². The van der Waals surface area contributed by atoms with Crippen molar-refractivity contribution in [3.8, 4) is 5.69 Å². The summed E-state index contributed by atoms with van der Waals surface area (Å²) in [6, 6.07) is 5.84. The van der Waals surface area contributed by atoms with Crippen LogP contribution in [-0.2, 0) is 19.0 Å². The third-order valence-electron chi connectivity index (χ3n) is 3.51. The molecule has 1 saturated heterocycles. The number of aromatic nitrogens is 2. The Bertz CT molecular complexity index is 853. The maximum absolute atomic E-state index is 14.3. The van der Waals surface area contributed by atoms with Gasteiger partial charge >= 0.3 is 6.09 Å². The molecule has 1 atom stereocenters. The van der Waals surface area contributed by atoms with Crippen molar-refractivity contribution in [1.29, 1.82) is 0 Å². The van der Waals surface area contributed by atoms with Crippen molar-refractivity contribution >= 4 is 21.9 Å². The summed E-state index contributed by atoms with van der Waals surface area (Å²) in [5, 5.41) is 3.94. The zero-order valence-corrected chi connectivity index (χ0v) is 13.4. The number of carbonyl (C=O) groups excluding carboxylic acids is 1. The molecule has 1 aromatic carbocycles. The SMILES string of the molecule is COS(=O)(=O)CC1CN(c2ccc(-n3cccn3)c(F)c2)C(=O)O1. The highest BCUT2D eigenvalue weighted by molar-refractivity contribution is 7.86. The van der Waals surface area contributed by atoms with E-state index in [2.05, 4.69) is 9.28 Å². The van der Waals surface area contributed by atoms with E-state index < -0.39 is 33.9 Å². The number of benzene rings is 1. The van der Waals surface area contributed by atoms with E-state index in [1.807, 2.05) is 0 Å². The predicted octanol–water partition coefficient (Wildman–Crippen LogP) is 1.31. The van der Waals surface area contributed by atoms with Crippen LogP contribution >= 0.6 is 0 Å². The van der Waals surface area contributed by atoms with Gasteiger partial charge in [0.15, 0.2) is 5.82 Å².